The van der Waals surface area contributed by atoms with Crippen molar-refractivity contribution in [2.45, 2.75) is 50.7 Å². The van der Waals surface area contributed by atoms with Gasteiger partial charge in [0.1, 0.15) is 5.56 Å². The van der Waals surface area contributed by atoms with Gasteiger partial charge in [-0.1, -0.05) is 12.1 Å². The molecule has 162 valence electrons. The third-order valence-electron chi connectivity index (χ3n) is 6.17. The molecule has 1 saturated carbocycles. The van der Waals surface area contributed by atoms with Crippen LogP contribution in [0.15, 0.2) is 29.2 Å². The van der Waals surface area contributed by atoms with Gasteiger partial charge >= 0.3 is 0 Å². The minimum atomic E-state index is -1.09. The van der Waals surface area contributed by atoms with E-state index < -0.39 is 46.4 Å². The van der Waals surface area contributed by atoms with Crippen LogP contribution in [0.2, 0.25) is 0 Å². The first-order valence-corrected chi connectivity index (χ1v) is 10.0. The summed E-state index contributed by atoms with van der Waals surface area (Å²) in [6.07, 6.45) is 3.10. The average Bonchev–Trinajstić information content (AvgIpc) is 3.12. The van der Waals surface area contributed by atoms with Gasteiger partial charge in [-0.05, 0) is 25.3 Å². The summed E-state index contributed by atoms with van der Waals surface area (Å²) < 4.78 is 34.5. The second-order valence-corrected chi connectivity index (χ2v) is 8.01. The highest BCUT2D eigenvalue weighted by atomic mass is 19.2. The number of amides is 2. The van der Waals surface area contributed by atoms with Gasteiger partial charge in [-0.3, -0.25) is 14.4 Å². The lowest BCUT2D eigenvalue weighted by molar-refractivity contribution is -0.132. The van der Waals surface area contributed by atoms with Crippen LogP contribution in [0.5, 0.6) is 5.75 Å². The van der Waals surface area contributed by atoms with Crippen LogP contribution in [0, 0.1) is 11.6 Å². The zero-order valence-electron chi connectivity index (χ0n) is 16.3. The predicted molar refractivity (Wildman–Crippen MR) is 102 cm³/mol. The van der Waals surface area contributed by atoms with Gasteiger partial charge in [0, 0.05) is 24.3 Å². The van der Waals surface area contributed by atoms with E-state index in [-0.39, 0.29) is 36.5 Å². The fourth-order valence-electron chi connectivity index (χ4n) is 4.67. The van der Waals surface area contributed by atoms with Gasteiger partial charge in [-0.2, -0.15) is 0 Å². The van der Waals surface area contributed by atoms with Crippen molar-refractivity contribution in [1.29, 1.82) is 0 Å². The van der Waals surface area contributed by atoms with Crippen LogP contribution in [0.1, 0.15) is 45.7 Å². The third kappa shape index (κ3) is 3.09. The highest BCUT2D eigenvalue weighted by Gasteiger charge is 2.47. The molecule has 0 radical (unpaired) electrons. The monoisotopic (exact) mass is 431 g/mol. The van der Waals surface area contributed by atoms with Crippen LogP contribution < -0.4 is 10.7 Å². The molecule has 3 aliphatic rings. The number of carbonyl (C=O) groups excluding carboxylic acids is 2. The topological polar surface area (TPSA) is 101 Å². The Morgan fingerprint density at radius 1 is 1.26 bits per heavy atom. The standard InChI is InChI=1S/C21H19F2N3O5/c22-14-3-1-2-10(16(14)23)7-24-20(29)13-8-25-9-15-26(11-4-5-12(6-11)31-15)21(30)17(25)19(28)18(13)27/h1-3,8,11-12,15,28H,4-7,9H2,(H,24,29)/t11-,12+,15?/m1/s1. The summed E-state index contributed by atoms with van der Waals surface area (Å²) in [5.74, 6) is -4.35. The number of nitrogens with one attached hydrogen (secondary N) is 1. The van der Waals surface area contributed by atoms with Crippen molar-refractivity contribution in [3.8, 4) is 5.75 Å². The molecule has 1 saturated heterocycles. The Bertz CT molecular complexity index is 1160. The average molecular weight is 431 g/mol. The molecule has 1 aliphatic carbocycles. The van der Waals surface area contributed by atoms with Crippen LogP contribution in [-0.2, 0) is 17.8 Å². The molecule has 2 aromatic rings. The van der Waals surface area contributed by atoms with Crippen LogP contribution in [-0.4, -0.2) is 44.8 Å². The van der Waals surface area contributed by atoms with Crippen LogP contribution in [0.3, 0.4) is 0 Å². The number of rotatable bonds is 3. The second kappa shape index (κ2) is 7.16. The summed E-state index contributed by atoms with van der Waals surface area (Å²) in [4.78, 5) is 39.8. The smallest absolute Gasteiger partial charge is 0.276 e. The number of nitrogens with zero attached hydrogens (tertiary/aromatic N) is 2. The number of benzene rings is 1. The van der Waals surface area contributed by atoms with Gasteiger partial charge in [0.25, 0.3) is 11.8 Å². The van der Waals surface area contributed by atoms with Crippen LogP contribution >= 0.6 is 0 Å². The number of pyridine rings is 1. The van der Waals surface area contributed by atoms with Gasteiger partial charge in [0.05, 0.1) is 12.6 Å². The van der Waals surface area contributed by atoms with Crippen molar-refractivity contribution in [3.63, 3.8) is 0 Å². The lowest BCUT2D eigenvalue weighted by Gasteiger charge is -2.44. The van der Waals surface area contributed by atoms with Crippen molar-refractivity contribution >= 4 is 11.8 Å². The molecular weight excluding hydrogens is 412 g/mol. The molecule has 3 atom stereocenters. The van der Waals surface area contributed by atoms with Crippen molar-refractivity contribution in [1.82, 2.24) is 14.8 Å². The van der Waals surface area contributed by atoms with Crippen molar-refractivity contribution in [3.05, 3.63) is 63.1 Å². The highest BCUT2D eigenvalue weighted by molar-refractivity contribution is 5.99. The number of fused-ring (bicyclic) bond motifs is 5. The number of ether oxygens (including phenoxy) is 1. The van der Waals surface area contributed by atoms with Crippen molar-refractivity contribution < 1.29 is 28.2 Å². The second-order valence-electron chi connectivity index (χ2n) is 8.01. The molecule has 5 rings (SSSR count). The Morgan fingerprint density at radius 2 is 2.06 bits per heavy atom. The summed E-state index contributed by atoms with van der Waals surface area (Å²) in [5, 5.41) is 12.8. The Labute approximate surface area is 175 Å². The van der Waals surface area contributed by atoms with Crippen molar-refractivity contribution in [2.24, 2.45) is 0 Å². The molecule has 0 spiro atoms. The third-order valence-corrected chi connectivity index (χ3v) is 6.17. The summed E-state index contributed by atoms with van der Waals surface area (Å²) in [7, 11) is 0. The number of halogens is 2. The molecule has 1 aromatic carbocycles. The van der Waals surface area contributed by atoms with E-state index in [0.29, 0.717) is 0 Å². The minimum absolute atomic E-state index is 0.00337. The van der Waals surface area contributed by atoms with Gasteiger partial charge in [0.15, 0.2) is 29.3 Å². The molecule has 2 amide bonds. The molecular formula is C21H19F2N3O5. The molecule has 3 heterocycles. The quantitative estimate of drug-likeness (QED) is 0.767. The zero-order valence-corrected chi connectivity index (χ0v) is 16.3. The molecule has 8 nitrogen and oxygen atoms in total. The number of hydrogen-bond donors (Lipinski definition) is 2. The summed E-state index contributed by atoms with van der Waals surface area (Å²) in [6, 6.07) is 3.56. The number of carbonyl (C=O) groups is 2. The first-order valence-electron chi connectivity index (χ1n) is 10.0. The van der Waals surface area contributed by atoms with Crippen molar-refractivity contribution in [2.75, 3.05) is 0 Å². The number of hydrogen-bond acceptors (Lipinski definition) is 5. The van der Waals surface area contributed by atoms with E-state index in [4.69, 9.17) is 4.74 Å². The van der Waals surface area contributed by atoms with Gasteiger partial charge in [-0.25, -0.2) is 8.78 Å². The highest BCUT2D eigenvalue weighted by Crippen LogP contribution is 2.38. The number of aromatic hydroxyl groups is 1. The molecule has 1 unspecified atom stereocenters. The van der Waals surface area contributed by atoms with E-state index in [2.05, 4.69) is 5.32 Å². The van der Waals surface area contributed by atoms with Crippen LogP contribution in [0.4, 0.5) is 8.78 Å². The fraction of sp³-hybridized carbons (Fsp3) is 0.381. The van der Waals surface area contributed by atoms with E-state index in [1.54, 1.807) is 4.90 Å². The Hall–Kier alpha value is -3.27. The van der Waals surface area contributed by atoms with Gasteiger partial charge in [-0.15, -0.1) is 0 Å². The Balaban J connectivity index is 1.44. The Morgan fingerprint density at radius 3 is 2.87 bits per heavy atom. The lowest BCUT2D eigenvalue weighted by Crippen LogP contribution is -2.57. The molecule has 1 aromatic heterocycles. The van der Waals surface area contributed by atoms with Gasteiger partial charge < -0.3 is 24.6 Å². The van der Waals surface area contributed by atoms with E-state index in [1.807, 2.05) is 0 Å². The molecule has 10 heteroatoms. The summed E-state index contributed by atoms with van der Waals surface area (Å²) >= 11 is 0. The van der Waals surface area contributed by atoms with Gasteiger partial charge in [0.2, 0.25) is 5.43 Å². The SMILES string of the molecule is O=C(NCc1cccc(F)c1F)c1cn2c(c(O)c1=O)C(=O)N1C(C2)O[C@H]2CC[C@@H]1C2. The normalized spacial score (nSPS) is 24.0. The molecule has 2 N–H and O–H groups in total. The molecule has 2 fully saturated rings. The van der Waals surface area contributed by atoms with E-state index >= 15 is 0 Å². The maximum absolute atomic E-state index is 13.8. The van der Waals surface area contributed by atoms with Crippen LogP contribution in [0.25, 0.3) is 0 Å². The molecule has 2 bridgehead atoms. The largest absolute Gasteiger partial charge is 0.503 e. The summed E-state index contributed by atoms with van der Waals surface area (Å²) in [6.45, 7) is -0.188. The lowest BCUT2D eigenvalue weighted by atomic mass is 10.1. The summed E-state index contributed by atoms with van der Waals surface area (Å²) in [5.41, 5.74) is -1.67. The minimum Gasteiger partial charge on any atom is -0.503 e. The predicted octanol–water partition coefficient (Wildman–Crippen LogP) is 1.50. The first-order chi connectivity index (χ1) is 14.8. The zero-order chi connectivity index (χ0) is 21.9. The molecule has 31 heavy (non-hydrogen) atoms. The first kappa shape index (κ1) is 19.7. The maximum atomic E-state index is 13.8. The van der Waals surface area contributed by atoms with E-state index in [0.717, 1.165) is 25.3 Å². The molecule has 2 aliphatic heterocycles. The maximum Gasteiger partial charge on any atom is 0.276 e. The number of aromatic nitrogens is 1. The fourth-order valence-corrected chi connectivity index (χ4v) is 4.67. The van der Waals surface area contributed by atoms with E-state index in [1.165, 1.54) is 22.9 Å². The van der Waals surface area contributed by atoms with E-state index in [9.17, 15) is 28.3 Å². The Kier molecular flexibility index (Phi) is 4.54.